The minimum atomic E-state index is 0.279. The van der Waals surface area contributed by atoms with Gasteiger partial charge in [-0.1, -0.05) is 13.3 Å². The topological polar surface area (TPSA) is 0 Å². The molecule has 0 unspecified atom stereocenters. The summed E-state index contributed by atoms with van der Waals surface area (Å²) >= 11 is 5.39. The van der Waals surface area contributed by atoms with Crippen molar-refractivity contribution in [3.63, 3.8) is 0 Å². The molecule has 0 aromatic heterocycles. The molecule has 0 N–H and O–H groups in total. The third kappa shape index (κ3) is 0.908. The molecule has 1 heteroatoms. The van der Waals surface area contributed by atoms with Gasteiger partial charge in [0.05, 0.1) is 5.88 Å². The highest BCUT2D eigenvalue weighted by molar-refractivity contribution is 6.23. The minimum absolute atomic E-state index is 0.279. The molecule has 1 fully saturated rings. The molecule has 0 aromatic carbocycles. The summed E-state index contributed by atoms with van der Waals surface area (Å²) in [7, 11) is 0. The van der Waals surface area contributed by atoms with Crippen molar-refractivity contribution in [2.45, 2.75) is 26.2 Å². The Labute approximate surface area is 49.9 Å². The summed E-state index contributed by atoms with van der Waals surface area (Å²) in [6.45, 7) is 2.14. The van der Waals surface area contributed by atoms with Gasteiger partial charge >= 0.3 is 0 Å². The molecule has 0 bridgehead atoms. The molecule has 1 rings (SSSR count). The molecule has 2 radical (unpaired) electrons. The van der Waals surface area contributed by atoms with E-state index in [1.165, 1.54) is 19.3 Å². The van der Waals surface area contributed by atoms with Gasteiger partial charge < -0.3 is 0 Å². The average Bonchev–Trinajstić information content (AvgIpc) is 1.61. The molecule has 0 saturated heterocycles. The van der Waals surface area contributed by atoms with Gasteiger partial charge in [0.2, 0.25) is 0 Å². The molecular weight excluding hydrogens is 108 g/mol. The largest absolute Gasteiger partial charge is 0.115 e. The van der Waals surface area contributed by atoms with Gasteiger partial charge in [-0.15, -0.1) is 11.6 Å². The van der Waals surface area contributed by atoms with E-state index in [1.54, 1.807) is 0 Å². The van der Waals surface area contributed by atoms with Crippen LogP contribution in [-0.4, -0.2) is 0 Å². The van der Waals surface area contributed by atoms with Gasteiger partial charge in [0.15, 0.2) is 0 Å². The fourth-order valence-corrected chi connectivity index (χ4v) is 0.991. The second-order valence-electron chi connectivity index (χ2n) is 2.51. The molecule has 1 saturated carbocycles. The second-order valence-corrected chi connectivity index (χ2v) is 2.70. The molecular formula is C6H9Cl. The predicted molar refractivity (Wildman–Crippen MR) is 31.1 cm³/mol. The van der Waals surface area contributed by atoms with Gasteiger partial charge in [0, 0.05) is 0 Å². The van der Waals surface area contributed by atoms with Crippen molar-refractivity contribution in [3.05, 3.63) is 5.88 Å². The van der Waals surface area contributed by atoms with Crippen LogP contribution in [0, 0.1) is 11.3 Å². The van der Waals surface area contributed by atoms with Gasteiger partial charge in [-0.25, -0.2) is 0 Å². The van der Waals surface area contributed by atoms with E-state index >= 15 is 0 Å². The van der Waals surface area contributed by atoms with Crippen LogP contribution >= 0.6 is 11.6 Å². The first-order chi connectivity index (χ1) is 3.27. The van der Waals surface area contributed by atoms with Crippen molar-refractivity contribution in [1.29, 1.82) is 0 Å². The molecule has 0 aromatic rings. The molecule has 0 nitrogen and oxygen atoms in total. The molecule has 7 heavy (non-hydrogen) atoms. The standard InChI is InChI=1S/C6H9Cl/c1-6(5-7)3-2-4-6/h2-4H2,1H3. The number of halogens is 1. The third-order valence-electron chi connectivity index (χ3n) is 1.69. The van der Waals surface area contributed by atoms with Crippen LogP contribution in [0.25, 0.3) is 0 Å². The van der Waals surface area contributed by atoms with Crippen LogP contribution in [0.4, 0.5) is 0 Å². The lowest BCUT2D eigenvalue weighted by atomic mass is 9.72. The van der Waals surface area contributed by atoms with Crippen LogP contribution in [0.1, 0.15) is 26.2 Å². The van der Waals surface area contributed by atoms with Crippen LogP contribution in [0.2, 0.25) is 0 Å². The van der Waals surface area contributed by atoms with Crippen molar-refractivity contribution < 1.29 is 0 Å². The predicted octanol–water partition coefficient (Wildman–Crippen LogP) is 2.45. The summed E-state index contributed by atoms with van der Waals surface area (Å²) in [5.74, 6) is 2.75. The molecule has 0 spiro atoms. The third-order valence-corrected chi connectivity index (χ3v) is 2.14. The van der Waals surface area contributed by atoms with E-state index in [0.717, 1.165) is 0 Å². The van der Waals surface area contributed by atoms with Gasteiger partial charge in [-0.05, 0) is 18.3 Å². The van der Waals surface area contributed by atoms with E-state index in [2.05, 4.69) is 12.8 Å². The number of hydrogen-bond donors (Lipinski definition) is 0. The van der Waals surface area contributed by atoms with Crippen LogP contribution in [0.15, 0.2) is 0 Å². The quantitative estimate of drug-likeness (QED) is 0.494. The van der Waals surface area contributed by atoms with Crippen molar-refractivity contribution in [2.75, 3.05) is 0 Å². The first-order valence-electron chi connectivity index (χ1n) is 2.65. The van der Waals surface area contributed by atoms with Crippen molar-refractivity contribution in [3.8, 4) is 0 Å². The fraction of sp³-hybridized carbons (Fsp3) is 0.833. The Morgan fingerprint density at radius 2 is 2.14 bits per heavy atom. The summed E-state index contributed by atoms with van der Waals surface area (Å²) in [6.07, 6.45) is 3.79. The van der Waals surface area contributed by atoms with Crippen molar-refractivity contribution in [2.24, 2.45) is 5.41 Å². The van der Waals surface area contributed by atoms with E-state index in [-0.39, 0.29) is 5.41 Å². The normalized spacial score (nSPS) is 26.6. The zero-order chi connectivity index (χ0) is 5.33. The lowest BCUT2D eigenvalue weighted by Gasteiger charge is -2.35. The molecule has 0 atom stereocenters. The summed E-state index contributed by atoms with van der Waals surface area (Å²) in [5.41, 5.74) is 0.279. The molecule has 40 valence electrons. The zero-order valence-corrected chi connectivity index (χ0v) is 5.26. The first kappa shape index (κ1) is 5.43. The summed E-state index contributed by atoms with van der Waals surface area (Å²) in [6, 6.07) is 0. The van der Waals surface area contributed by atoms with E-state index in [1.807, 2.05) is 0 Å². The Morgan fingerprint density at radius 1 is 1.57 bits per heavy atom. The van der Waals surface area contributed by atoms with Crippen LogP contribution < -0.4 is 0 Å². The SMILES string of the molecule is CC1([C]Cl)CCC1. The molecule has 1 aliphatic rings. The van der Waals surface area contributed by atoms with E-state index in [4.69, 9.17) is 11.6 Å². The van der Waals surface area contributed by atoms with Gasteiger partial charge in [-0.3, -0.25) is 0 Å². The van der Waals surface area contributed by atoms with Crippen LogP contribution in [0.5, 0.6) is 0 Å². The zero-order valence-electron chi connectivity index (χ0n) is 4.50. The lowest BCUT2D eigenvalue weighted by molar-refractivity contribution is 0.222. The van der Waals surface area contributed by atoms with Crippen molar-refractivity contribution in [1.82, 2.24) is 0 Å². The first-order valence-corrected chi connectivity index (χ1v) is 3.02. The maximum absolute atomic E-state index is 5.39. The number of hydrogen-bond acceptors (Lipinski definition) is 0. The van der Waals surface area contributed by atoms with E-state index in [0.29, 0.717) is 0 Å². The smallest absolute Gasteiger partial charge is 0.0928 e. The highest BCUT2D eigenvalue weighted by Crippen LogP contribution is 2.43. The highest BCUT2D eigenvalue weighted by atomic mass is 35.5. The monoisotopic (exact) mass is 116 g/mol. The summed E-state index contributed by atoms with van der Waals surface area (Å²) in [5, 5.41) is 0. The lowest BCUT2D eigenvalue weighted by Crippen LogP contribution is -2.23. The maximum Gasteiger partial charge on any atom is 0.0928 e. The van der Waals surface area contributed by atoms with E-state index in [9.17, 15) is 0 Å². The van der Waals surface area contributed by atoms with Gasteiger partial charge in [0.25, 0.3) is 0 Å². The second kappa shape index (κ2) is 1.66. The fourth-order valence-electron chi connectivity index (χ4n) is 0.802. The van der Waals surface area contributed by atoms with E-state index < -0.39 is 0 Å². The maximum atomic E-state index is 5.39. The molecule has 0 aliphatic heterocycles. The number of rotatable bonds is 1. The average molecular weight is 117 g/mol. The van der Waals surface area contributed by atoms with Crippen LogP contribution in [-0.2, 0) is 0 Å². The Bertz CT molecular complexity index is 59.1. The molecule has 0 heterocycles. The van der Waals surface area contributed by atoms with Crippen molar-refractivity contribution >= 4 is 11.6 Å². The van der Waals surface area contributed by atoms with Crippen LogP contribution in [0.3, 0.4) is 0 Å². The summed E-state index contributed by atoms with van der Waals surface area (Å²) in [4.78, 5) is 0. The summed E-state index contributed by atoms with van der Waals surface area (Å²) < 4.78 is 0. The highest BCUT2D eigenvalue weighted by Gasteiger charge is 2.31. The Kier molecular flexibility index (Phi) is 1.29. The molecule has 0 amide bonds. The Morgan fingerprint density at radius 3 is 2.14 bits per heavy atom. The molecule has 1 aliphatic carbocycles. The Balaban J connectivity index is 2.29. The van der Waals surface area contributed by atoms with Gasteiger partial charge in [0.1, 0.15) is 0 Å². The Hall–Kier alpha value is 0.290. The minimum Gasteiger partial charge on any atom is -0.115 e. The van der Waals surface area contributed by atoms with Gasteiger partial charge in [-0.2, -0.15) is 0 Å².